The van der Waals surface area contributed by atoms with E-state index in [2.05, 4.69) is 0 Å². The number of hydrogen-bond donors (Lipinski definition) is 2. The maximum absolute atomic E-state index is 9.61. The second-order valence-corrected chi connectivity index (χ2v) is 3.73. The Labute approximate surface area is 73.4 Å². The molecule has 2 N–H and O–H groups in total. The Bertz CT molecular complexity index is 136. The van der Waals surface area contributed by atoms with E-state index in [9.17, 15) is 5.11 Å². The van der Waals surface area contributed by atoms with Crippen molar-refractivity contribution in [2.75, 3.05) is 6.61 Å². The Morgan fingerprint density at radius 1 is 1.42 bits per heavy atom. The number of hydrogen-bond acceptors (Lipinski definition) is 3. The molecule has 0 aliphatic heterocycles. The van der Waals surface area contributed by atoms with E-state index < -0.39 is 6.10 Å². The number of rotatable bonds is 3. The summed E-state index contributed by atoms with van der Waals surface area (Å²) in [6.45, 7) is 3.98. The highest BCUT2D eigenvalue weighted by Crippen LogP contribution is 2.28. The molecule has 0 saturated heterocycles. The third kappa shape index (κ3) is 2.19. The van der Waals surface area contributed by atoms with Gasteiger partial charge in [0.05, 0.1) is 18.3 Å². The van der Waals surface area contributed by atoms with E-state index in [-0.39, 0.29) is 24.7 Å². The summed E-state index contributed by atoms with van der Waals surface area (Å²) in [7, 11) is 0. The van der Waals surface area contributed by atoms with Crippen molar-refractivity contribution in [1.82, 2.24) is 0 Å². The second-order valence-electron chi connectivity index (χ2n) is 3.73. The molecule has 0 aromatic carbocycles. The second kappa shape index (κ2) is 4.21. The van der Waals surface area contributed by atoms with Crippen molar-refractivity contribution in [3.63, 3.8) is 0 Å². The molecule has 1 rings (SSSR count). The highest BCUT2D eigenvalue weighted by atomic mass is 16.5. The molecule has 0 aromatic rings. The largest absolute Gasteiger partial charge is 0.396 e. The summed E-state index contributed by atoms with van der Waals surface area (Å²) in [6.07, 6.45) is 1.35. The van der Waals surface area contributed by atoms with E-state index >= 15 is 0 Å². The Hall–Kier alpha value is -0.120. The molecule has 1 fully saturated rings. The van der Waals surface area contributed by atoms with Gasteiger partial charge in [0.2, 0.25) is 0 Å². The lowest BCUT2D eigenvalue weighted by Crippen LogP contribution is -2.31. The zero-order valence-corrected chi connectivity index (χ0v) is 7.73. The lowest BCUT2D eigenvalue weighted by Gasteiger charge is -2.20. The fourth-order valence-corrected chi connectivity index (χ4v) is 1.72. The summed E-state index contributed by atoms with van der Waals surface area (Å²) in [5.74, 6) is 0.0220. The van der Waals surface area contributed by atoms with Gasteiger partial charge in [-0.2, -0.15) is 0 Å². The van der Waals surface area contributed by atoms with Crippen LogP contribution >= 0.6 is 0 Å². The van der Waals surface area contributed by atoms with Gasteiger partial charge in [0.1, 0.15) is 0 Å². The topological polar surface area (TPSA) is 49.7 Å². The zero-order chi connectivity index (χ0) is 9.14. The molecular formula is C9H18O3. The molecule has 12 heavy (non-hydrogen) atoms. The van der Waals surface area contributed by atoms with Crippen LogP contribution in [0.4, 0.5) is 0 Å². The minimum Gasteiger partial charge on any atom is -0.396 e. The first-order valence-corrected chi connectivity index (χ1v) is 4.59. The Morgan fingerprint density at radius 2 is 2.08 bits per heavy atom. The van der Waals surface area contributed by atoms with Crippen LogP contribution in [0.3, 0.4) is 0 Å². The SMILES string of the molecule is CC(C)O[C@H]1CC[C@H](CO)[C@H]1O. The van der Waals surface area contributed by atoms with E-state index in [1.54, 1.807) is 0 Å². The summed E-state index contributed by atoms with van der Waals surface area (Å²) < 4.78 is 5.49. The third-order valence-corrected chi connectivity index (χ3v) is 2.37. The number of aliphatic hydroxyl groups excluding tert-OH is 2. The number of aliphatic hydroxyl groups is 2. The Kier molecular flexibility index (Phi) is 3.50. The van der Waals surface area contributed by atoms with Gasteiger partial charge in [-0.25, -0.2) is 0 Å². The Morgan fingerprint density at radius 3 is 2.50 bits per heavy atom. The van der Waals surface area contributed by atoms with Crippen LogP contribution in [0.2, 0.25) is 0 Å². The van der Waals surface area contributed by atoms with Crippen molar-refractivity contribution in [3.8, 4) is 0 Å². The van der Waals surface area contributed by atoms with Crippen LogP contribution in [0.1, 0.15) is 26.7 Å². The van der Waals surface area contributed by atoms with Crippen LogP contribution in [0, 0.1) is 5.92 Å². The summed E-state index contributed by atoms with van der Waals surface area (Å²) in [5.41, 5.74) is 0. The number of ether oxygens (including phenoxy) is 1. The average molecular weight is 174 g/mol. The van der Waals surface area contributed by atoms with Crippen molar-refractivity contribution in [1.29, 1.82) is 0 Å². The minimum absolute atomic E-state index is 0.0220. The lowest BCUT2D eigenvalue weighted by atomic mass is 10.1. The molecule has 0 radical (unpaired) electrons. The Balaban J connectivity index is 2.38. The van der Waals surface area contributed by atoms with Crippen LogP contribution in [0.5, 0.6) is 0 Å². The molecule has 72 valence electrons. The van der Waals surface area contributed by atoms with Crippen molar-refractivity contribution in [3.05, 3.63) is 0 Å². The normalized spacial score (nSPS) is 36.2. The van der Waals surface area contributed by atoms with Crippen molar-refractivity contribution >= 4 is 0 Å². The molecular weight excluding hydrogens is 156 g/mol. The molecule has 1 saturated carbocycles. The van der Waals surface area contributed by atoms with Crippen LogP contribution < -0.4 is 0 Å². The highest BCUT2D eigenvalue weighted by molar-refractivity contribution is 4.85. The quantitative estimate of drug-likeness (QED) is 0.656. The van der Waals surface area contributed by atoms with Gasteiger partial charge in [0, 0.05) is 12.5 Å². The van der Waals surface area contributed by atoms with E-state index in [1.807, 2.05) is 13.8 Å². The van der Waals surface area contributed by atoms with Gasteiger partial charge >= 0.3 is 0 Å². The fourth-order valence-electron chi connectivity index (χ4n) is 1.72. The molecule has 1 aliphatic carbocycles. The molecule has 0 bridgehead atoms. The average Bonchev–Trinajstić information content (AvgIpc) is 2.32. The van der Waals surface area contributed by atoms with Gasteiger partial charge in [-0.05, 0) is 26.7 Å². The van der Waals surface area contributed by atoms with Gasteiger partial charge in [-0.15, -0.1) is 0 Å². The van der Waals surface area contributed by atoms with E-state index in [1.165, 1.54) is 0 Å². The summed E-state index contributed by atoms with van der Waals surface area (Å²) >= 11 is 0. The van der Waals surface area contributed by atoms with Crippen LogP contribution in [0.25, 0.3) is 0 Å². The highest BCUT2D eigenvalue weighted by Gasteiger charge is 2.35. The standard InChI is InChI=1S/C9H18O3/c1-6(2)12-8-4-3-7(5-10)9(8)11/h6-11H,3-5H2,1-2H3/t7-,8+,9-/m1/s1. The first-order chi connectivity index (χ1) is 5.65. The maximum Gasteiger partial charge on any atom is 0.0851 e. The third-order valence-electron chi connectivity index (χ3n) is 2.37. The first kappa shape index (κ1) is 9.96. The molecule has 3 heteroatoms. The zero-order valence-electron chi connectivity index (χ0n) is 7.73. The molecule has 1 aliphatic rings. The molecule has 0 unspecified atom stereocenters. The van der Waals surface area contributed by atoms with Gasteiger partial charge in [-0.3, -0.25) is 0 Å². The smallest absolute Gasteiger partial charge is 0.0851 e. The molecule has 0 amide bonds. The van der Waals surface area contributed by atoms with Gasteiger partial charge < -0.3 is 14.9 Å². The molecule has 3 nitrogen and oxygen atoms in total. The molecule has 0 aromatic heterocycles. The predicted octanol–water partition coefficient (Wildman–Crippen LogP) is 0.543. The monoisotopic (exact) mass is 174 g/mol. The van der Waals surface area contributed by atoms with Gasteiger partial charge in [0.25, 0.3) is 0 Å². The van der Waals surface area contributed by atoms with E-state index in [0.717, 1.165) is 12.8 Å². The predicted molar refractivity (Wildman–Crippen MR) is 45.8 cm³/mol. The van der Waals surface area contributed by atoms with Crippen molar-refractivity contribution < 1.29 is 14.9 Å². The lowest BCUT2D eigenvalue weighted by molar-refractivity contribution is -0.0637. The maximum atomic E-state index is 9.61. The van der Waals surface area contributed by atoms with Gasteiger partial charge in [0.15, 0.2) is 0 Å². The van der Waals surface area contributed by atoms with Crippen LogP contribution in [-0.4, -0.2) is 35.1 Å². The summed E-state index contributed by atoms with van der Waals surface area (Å²) in [6, 6.07) is 0. The molecule has 0 heterocycles. The fraction of sp³-hybridized carbons (Fsp3) is 1.00. The first-order valence-electron chi connectivity index (χ1n) is 4.59. The minimum atomic E-state index is -0.475. The van der Waals surface area contributed by atoms with E-state index in [4.69, 9.17) is 9.84 Å². The van der Waals surface area contributed by atoms with Crippen molar-refractivity contribution in [2.45, 2.75) is 45.0 Å². The summed E-state index contributed by atoms with van der Waals surface area (Å²) in [5, 5.41) is 18.5. The van der Waals surface area contributed by atoms with Crippen molar-refractivity contribution in [2.24, 2.45) is 5.92 Å². The molecule has 0 spiro atoms. The van der Waals surface area contributed by atoms with Crippen LogP contribution in [-0.2, 0) is 4.74 Å². The van der Waals surface area contributed by atoms with Gasteiger partial charge in [-0.1, -0.05) is 0 Å². The molecule has 3 atom stereocenters. The summed E-state index contributed by atoms with van der Waals surface area (Å²) in [4.78, 5) is 0. The van der Waals surface area contributed by atoms with E-state index in [0.29, 0.717) is 0 Å². The van der Waals surface area contributed by atoms with Crippen LogP contribution in [0.15, 0.2) is 0 Å².